The van der Waals surface area contributed by atoms with Crippen LogP contribution in [0.4, 0.5) is 11.4 Å². The fourth-order valence-corrected chi connectivity index (χ4v) is 7.01. The third kappa shape index (κ3) is 5.57. The fourth-order valence-electron chi connectivity index (χ4n) is 6.58. The molecule has 2 fully saturated rings. The summed E-state index contributed by atoms with van der Waals surface area (Å²) in [6.07, 6.45) is 1.03. The van der Waals surface area contributed by atoms with Crippen LogP contribution in [0, 0.1) is 5.92 Å². The zero-order valence-electron chi connectivity index (χ0n) is 24.0. The first kappa shape index (κ1) is 28.5. The number of piperazine rings is 1. The van der Waals surface area contributed by atoms with Gasteiger partial charge in [0, 0.05) is 73.5 Å². The lowest BCUT2D eigenvalue weighted by Gasteiger charge is -2.44. The van der Waals surface area contributed by atoms with E-state index in [4.69, 9.17) is 4.74 Å². The minimum atomic E-state index is -0.294. The van der Waals surface area contributed by atoms with Crippen molar-refractivity contribution in [1.82, 2.24) is 14.4 Å². The van der Waals surface area contributed by atoms with Crippen molar-refractivity contribution >= 4 is 39.1 Å². The molecule has 2 bridgehead atoms. The number of carbonyl (C=O) groups excluding carboxylic acids is 2. The van der Waals surface area contributed by atoms with Crippen LogP contribution in [-0.4, -0.2) is 79.1 Å². The third-order valence-electron chi connectivity index (χ3n) is 8.84. The monoisotopic (exact) mass is 633 g/mol. The maximum absolute atomic E-state index is 13.6. The largest absolute Gasteiger partial charge is 0.497 e. The van der Waals surface area contributed by atoms with Crippen LogP contribution in [0.1, 0.15) is 45.7 Å². The number of fused-ring (bicyclic) bond motifs is 4. The zero-order valence-corrected chi connectivity index (χ0v) is 25.6. The maximum atomic E-state index is 13.6. The van der Waals surface area contributed by atoms with Gasteiger partial charge >= 0.3 is 0 Å². The summed E-state index contributed by atoms with van der Waals surface area (Å²) < 4.78 is 7.92. The molecule has 10 heteroatoms. The first-order chi connectivity index (χ1) is 20.3. The maximum Gasteiger partial charge on any atom is 0.257 e. The van der Waals surface area contributed by atoms with Crippen LogP contribution in [0.15, 0.2) is 63.9 Å². The SMILES string of the molecule is CCN1CCN(C(=O)c2ccc(N3CC4CC(C3)c3cccc(=O)n3C4)c(NC(=O)c3cc(OC)ccc3Br)c2)CC1. The fraction of sp³-hybridized carbons (Fsp3) is 0.406. The summed E-state index contributed by atoms with van der Waals surface area (Å²) in [6.45, 7) is 8.35. The predicted molar refractivity (Wildman–Crippen MR) is 167 cm³/mol. The number of amides is 2. The molecule has 1 aromatic heterocycles. The van der Waals surface area contributed by atoms with Gasteiger partial charge in [0.2, 0.25) is 0 Å². The minimum absolute atomic E-state index is 0.0285. The second-order valence-electron chi connectivity index (χ2n) is 11.4. The van der Waals surface area contributed by atoms with Gasteiger partial charge in [-0.2, -0.15) is 0 Å². The topological polar surface area (TPSA) is 87.1 Å². The first-order valence-electron chi connectivity index (χ1n) is 14.6. The van der Waals surface area contributed by atoms with Crippen LogP contribution < -0.4 is 20.5 Å². The number of nitrogens with zero attached hydrogens (tertiary/aromatic N) is 4. The van der Waals surface area contributed by atoms with Crippen molar-refractivity contribution in [3.05, 3.63) is 86.2 Å². The van der Waals surface area contributed by atoms with Crippen LogP contribution in [0.3, 0.4) is 0 Å². The van der Waals surface area contributed by atoms with E-state index < -0.39 is 0 Å². The van der Waals surface area contributed by atoms with E-state index in [0.717, 1.165) is 50.5 Å². The summed E-state index contributed by atoms with van der Waals surface area (Å²) in [5.41, 5.74) is 3.58. The van der Waals surface area contributed by atoms with Gasteiger partial charge in [-0.3, -0.25) is 14.4 Å². The van der Waals surface area contributed by atoms with Gasteiger partial charge in [0.15, 0.2) is 0 Å². The van der Waals surface area contributed by atoms with Crippen molar-refractivity contribution in [2.24, 2.45) is 5.92 Å². The van der Waals surface area contributed by atoms with E-state index in [2.05, 4.69) is 44.0 Å². The molecule has 2 aromatic carbocycles. The molecule has 6 rings (SSSR count). The molecule has 2 amide bonds. The van der Waals surface area contributed by atoms with Gasteiger partial charge in [0.1, 0.15) is 5.75 Å². The van der Waals surface area contributed by atoms with E-state index in [1.165, 1.54) is 0 Å². The molecule has 2 atom stereocenters. The van der Waals surface area contributed by atoms with Gasteiger partial charge in [0.25, 0.3) is 17.4 Å². The Morgan fingerprint density at radius 3 is 2.57 bits per heavy atom. The van der Waals surface area contributed by atoms with Crippen LogP contribution in [0.5, 0.6) is 5.75 Å². The molecule has 9 nitrogen and oxygen atoms in total. The number of anilines is 2. The zero-order chi connectivity index (χ0) is 29.4. The van der Waals surface area contributed by atoms with E-state index in [-0.39, 0.29) is 23.3 Å². The Kier molecular flexibility index (Phi) is 8.09. The smallest absolute Gasteiger partial charge is 0.257 e. The van der Waals surface area contributed by atoms with Gasteiger partial charge in [-0.25, -0.2) is 0 Å². The number of hydrogen-bond acceptors (Lipinski definition) is 6. The summed E-state index contributed by atoms with van der Waals surface area (Å²) in [7, 11) is 1.57. The number of nitrogens with one attached hydrogen (secondary N) is 1. The molecule has 1 N–H and O–H groups in total. The summed E-state index contributed by atoms with van der Waals surface area (Å²) in [5.74, 6) is 0.773. The van der Waals surface area contributed by atoms with E-state index in [1.807, 2.05) is 33.7 Å². The lowest BCUT2D eigenvalue weighted by molar-refractivity contribution is 0.0643. The number of benzene rings is 2. The first-order valence-corrected chi connectivity index (χ1v) is 15.4. The second-order valence-corrected chi connectivity index (χ2v) is 12.2. The third-order valence-corrected chi connectivity index (χ3v) is 9.53. The van der Waals surface area contributed by atoms with Crippen molar-refractivity contribution in [3.8, 4) is 5.75 Å². The lowest BCUT2D eigenvalue weighted by Crippen LogP contribution is -2.48. The quantitative estimate of drug-likeness (QED) is 0.436. The molecule has 0 aliphatic carbocycles. The Morgan fingerprint density at radius 2 is 1.81 bits per heavy atom. The number of methoxy groups -OCH3 is 1. The number of hydrogen-bond donors (Lipinski definition) is 1. The molecular formula is C32H36BrN5O4. The Bertz CT molecular complexity index is 1560. The number of aromatic nitrogens is 1. The molecule has 3 aliphatic rings. The Hall–Kier alpha value is -3.63. The molecule has 42 heavy (non-hydrogen) atoms. The Morgan fingerprint density at radius 1 is 1.00 bits per heavy atom. The van der Waals surface area contributed by atoms with Crippen molar-refractivity contribution < 1.29 is 14.3 Å². The molecule has 2 saturated heterocycles. The number of rotatable bonds is 6. The average molecular weight is 635 g/mol. The average Bonchev–Trinajstić information content (AvgIpc) is 3.01. The highest BCUT2D eigenvalue weighted by atomic mass is 79.9. The van der Waals surface area contributed by atoms with Crippen LogP contribution >= 0.6 is 15.9 Å². The Labute approximate surface area is 254 Å². The van der Waals surface area contributed by atoms with Crippen LogP contribution in [0.2, 0.25) is 0 Å². The van der Waals surface area contributed by atoms with Crippen LogP contribution in [-0.2, 0) is 6.54 Å². The van der Waals surface area contributed by atoms with Crippen molar-refractivity contribution in [2.75, 3.05) is 63.1 Å². The summed E-state index contributed by atoms with van der Waals surface area (Å²) in [6, 6.07) is 16.5. The van der Waals surface area contributed by atoms with E-state index in [0.29, 0.717) is 52.6 Å². The highest BCUT2D eigenvalue weighted by Gasteiger charge is 2.35. The van der Waals surface area contributed by atoms with E-state index >= 15 is 0 Å². The molecule has 3 aliphatic heterocycles. The number of pyridine rings is 1. The lowest BCUT2D eigenvalue weighted by atomic mass is 9.83. The molecule has 3 aromatic rings. The van der Waals surface area contributed by atoms with Crippen molar-refractivity contribution in [3.63, 3.8) is 0 Å². The standard InChI is InChI=1S/C32H36BrN5O4/c1-3-35-11-13-36(14-12-35)32(41)22-7-10-29(27(16-22)34-31(40)25-17-24(42-2)8-9-26(25)33)37-18-21-15-23(20-37)28-5-4-6-30(39)38(28)19-21/h4-10,16-17,21,23H,3,11-15,18-20H2,1-2H3,(H,34,40). The summed E-state index contributed by atoms with van der Waals surface area (Å²) in [4.78, 5) is 46.3. The highest BCUT2D eigenvalue weighted by Crippen LogP contribution is 2.39. The van der Waals surface area contributed by atoms with Gasteiger partial charge in [-0.15, -0.1) is 0 Å². The van der Waals surface area contributed by atoms with Crippen LogP contribution in [0.25, 0.3) is 0 Å². The highest BCUT2D eigenvalue weighted by molar-refractivity contribution is 9.10. The minimum Gasteiger partial charge on any atom is -0.497 e. The van der Waals surface area contributed by atoms with Crippen molar-refractivity contribution in [2.45, 2.75) is 25.8 Å². The van der Waals surface area contributed by atoms with Gasteiger partial charge in [-0.05, 0) is 77.3 Å². The summed E-state index contributed by atoms with van der Waals surface area (Å²) >= 11 is 3.50. The van der Waals surface area contributed by atoms with E-state index in [1.54, 1.807) is 31.4 Å². The molecule has 220 valence electrons. The van der Waals surface area contributed by atoms with Gasteiger partial charge in [0.05, 0.1) is 24.0 Å². The van der Waals surface area contributed by atoms with Gasteiger partial charge in [-0.1, -0.05) is 13.0 Å². The summed E-state index contributed by atoms with van der Waals surface area (Å²) in [5, 5.41) is 3.12. The van der Waals surface area contributed by atoms with Crippen molar-refractivity contribution in [1.29, 1.82) is 0 Å². The molecular weight excluding hydrogens is 598 g/mol. The number of ether oxygens (including phenoxy) is 1. The number of piperidine rings is 1. The molecule has 0 saturated carbocycles. The van der Waals surface area contributed by atoms with Gasteiger partial charge < -0.3 is 29.3 Å². The molecule has 4 heterocycles. The normalized spacial score (nSPS) is 20.2. The number of likely N-dealkylation sites (N-methyl/N-ethyl adjacent to an activating group) is 1. The molecule has 0 radical (unpaired) electrons. The van der Waals surface area contributed by atoms with E-state index in [9.17, 15) is 14.4 Å². The number of halogens is 1. The second kappa shape index (κ2) is 11.9. The molecule has 0 spiro atoms. The predicted octanol–water partition coefficient (Wildman–Crippen LogP) is 4.27. The number of carbonyl (C=O) groups is 2. The Balaban J connectivity index is 1.33. The molecule has 2 unspecified atom stereocenters.